The minimum absolute atomic E-state index is 0.0602. The van der Waals surface area contributed by atoms with Gasteiger partial charge in [-0.25, -0.2) is 0 Å². The van der Waals surface area contributed by atoms with Crippen molar-refractivity contribution in [3.05, 3.63) is 31.9 Å². The predicted molar refractivity (Wildman–Crippen MR) is 54.8 cm³/mol. The summed E-state index contributed by atoms with van der Waals surface area (Å²) in [7, 11) is 0. The lowest BCUT2D eigenvalue weighted by Gasteiger charge is -2.06. The molecule has 1 rings (SSSR count). The number of benzene rings is 1. The normalized spacial score (nSPS) is 10.2. The van der Waals surface area contributed by atoms with Crippen molar-refractivity contribution in [3.63, 3.8) is 0 Å². The fraction of sp³-hybridized carbons (Fsp3) is 0.250. The highest BCUT2D eigenvalue weighted by atomic mass is 127. The average molecular weight is 283 g/mol. The molecule has 0 aromatic heterocycles. The smallest absolute Gasteiger partial charge is 0.0695 e. The second-order valence-electron chi connectivity index (χ2n) is 2.29. The molecule has 11 heavy (non-hydrogen) atoms. The molecule has 60 valence electrons. The number of rotatable bonds is 1. The van der Waals surface area contributed by atoms with Gasteiger partial charge in [-0.1, -0.05) is 11.6 Å². The maximum Gasteiger partial charge on any atom is 0.0695 e. The SMILES string of the molecule is Cc1c(Cl)ccc(I)c1CO. The zero-order valence-electron chi connectivity index (χ0n) is 6.06. The van der Waals surface area contributed by atoms with Gasteiger partial charge in [-0.05, 0) is 52.8 Å². The van der Waals surface area contributed by atoms with Crippen LogP contribution in [0.5, 0.6) is 0 Å². The fourth-order valence-electron chi connectivity index (χ4n) is 0.889. The van der Waals surface area contributed by atoms with E-state index in [2.05, 4.69) is 22.6 Å². The zero-order chi connectivity index (χ0) is 8.43. The molecule has 1 aromatic carbocycles. The van der Waals surface area contributed by atoms with E-state index in [1.54, 1.807) is 0 Å². The van der Waals surface area contributed by atoms with E-state index in [0.29, 0.717) is 0 Å². The number of hydrogen-bond acceptors (Lipinski definition) is 1. The molecular weight excluding hydrogens is 274 g/mol. The Balaban J connectivity index is 3.29. The molecule has 0 saturated heterocycles. The first-order valence-electron chi connectivity index (χ1n) is 3.21. The minimum atomic E-state index is 0.0602. The Kier molecular flexibility index (Phi) is 3.16. The van der Waals surface area contributed by atoms with Crippen molar-refractivity contribution in [1.29, 1.82) is 0 Å². The lowest BCUT2D eigenvalue weighted by Crippen LogP contribution is -1.93. The second kappa shape index (κ2) is 3.74. The van der Waals surface area contributed by atoms with Gasteiger partial charge in [0.25, 0.3) is 0 Å². The molecule has 0 radical (unpaired) electrons. The predicted octanol–water partition coefficient (Wildman–Crippen LogP) is 2.75. The van der Waals surface area contributed by atoms with Crippen LogP contribution in [0, 0.1) is 10.5 Å². The van der Waals surface area contributed by atoms with Gasteiger partial charge in [-0.2, -0.15) is 0 Å². The van der Waals surface area contributed by atoms with Crippen molar-refractivity contribution in [2.45, 2.75) is 13.5 Å². The molecule has 1 aromatic rings. The summed E-state index contributed by atoms with van der Waals surface area (Å²) in [6, 6.07) is 3.75. The largest absolute Gasteiger partial charge is 0.392 e. The third-order valence-electron chi connectivity index (χ3n) is 1.63. The molecule has 0 fully saturated rings. The van der Waals surface area contributed by atoms with Crippen LogP contribution in [0.15, 0.2) is 12.1 Å². The highest BCUT2D eigenvalue weighted by Crippen LogP contribution is 2.23. The van der Waals surface area contributed by atoms with Crippen molar-refractivity contribution in [2.24, 2.45) is 0 Å². The van der Waals surface area contributed by atoms with Gasteiger partial charge in [-0.15, -0.1) is 0 Å². The van der Waals surface area contributed by atoms with Crippen LogP contribution >= 0.6 is 34.2 Å². The van der Waals surface area contributed by atoms with Gasteiger partial charge in [-0.3, -0.25) is 0 Å². The van der Waals surface area contributed by atoms with Crippen molar-refractivity contribution in [3.8, 4) is 0 Å². The highest BCUT2D eigenvalue weighted by molar-refractivity contribution is 14.1. The molecule has 3 heteroatoms. The number of hydrogen-bond donors (Lipinski definition) is 1. The summed E-state index contributed by atoms with van der Waals surface area (Å²) >= 11 is 8.03. The van der Waals surface area contributed by atoms with Gasteiger partial charge in [0, 0.05) is 8.59 Å². The highest BCUT2D eigenvalue weighted by Gasteiger charge is 2.04. The summed E-state index contributed by atoms with van der Waals surface area (Å²) in [5, 5.41) is 9.68. The van der Waals surface area contributed by atoms with Crippen molar-refractivity contribution < 1.29 is 5.11 Å². The van der Waals surface area contributed by atoms with Crippen LogP contribution in [-0.4, -0.2) is 5.11 Å². The maximum absolute atomic E-state index is 8.96. The van der Waals surface area contributed by atoms with E-state index in [1.165, 1.54) is 0 Å². The van der Waals surface area contributed by atoms with Crippen LogP contribution in [0.1, 0.15) is 11.1 Å². The molecule has 0 bridgehead atoms. The van der Waals surface area contributed by atoms with E-state index in [9.17, 15) is 0 Å². The molecule has 0 spiro atoms. The van der Waals surface area contributed by atoms with E-state index in [4.69, 9.17) is 16.7 Å². The van der Waals surface area contributed by atoms with E-state index < -0.39 is 0 Å². The summed E-state index contributed by atoms with van der Waals surface area (Å²) in [4.78, 5) is 0. The quantitative estimate of drug-likeness (QED) is 0.785. The Labute approximate surface area is 84.5 Å². The van der Waals surface area contributed by atoms with Gasteiger partial charge in [0.2, 0.25) is 0 Å². The summed E-state index contributed by atoms with van der Waals surface area (Å²) < 4.78 is 1.06. The van der Waals surface area contributed by atoms with E-state index >= 15 is 0 Å². The van der Waals surface area contributed by atoms with Gasteiger partial charge >= 0.3 is 0 Å². The van der Waals surface area contributed by atoms with Crippen molar-refractivity contribution >= 4 is 34.2 Å². The van der Waals surface area contributed by atoms with Crippen molar-refractivity contribution in [2.75, 3.05) is 0 Å². The standard InChI is InChI=1S/C8H8ClIO/c1-5-6(4-11)8(10)3-2-7(5)9/h2-3,11H,4H2,1H3. The zero-order valence-corrected chi connectivity index (χ0v) is 8.98. The maximum atomic E-state index is 8.96. The van der Waals surface area contributed by atoms with Crippen LogP contribution in [0.4, 0.5) is 0 Å². The monoisotopic (exact) mass is 282 g/mol. The van der Waals surface area contributed by atoms with Crippen LogP contribution in [0.25, 0.3) is 0 Å². The van der Waals surface area contributed by atoms with E-state index in [0.717, 1.165) is 19.7 Å². The number of aliphatic hydroxyl groups excluding tert-OH is 1. The molecule has 0 heterocycles. The van der Waals surface area contributed by atoms with E-state index in [-0.39, 0.29) is 6.61 Å². The topological polar surface area (TPSA) is 20.2 Å². The third-order valence-corrected chi connectivity index (χ3v) is 3.05. The Hall–Kier alpha value is 0.200. The van der Waals surface area contributed by atoms with Crippen molar-refractivity contribution in [1.82, 2.24) is 0 Å². The Morgan fingerprint density at radius 3 is 2.64 bits per heavy atom. The van der Waals surface area contributed by atoms with Gasteiger partial charge in [0.15, 0.2) is 0 Å². The molecule has 0 aliphatic heterocycles. The Morgan fingerprint density at radius 2 is 2.18 bits per heavy atom. The summed E-state index contributed by atoms with van der Waals surface area (Å²) in [6.45, 7) is 1.97. The molecule has 0 unspecified atom stereocenters. The summed E-state index contributed by atoms with van der Waals surface area (Å²) in [5.74, 6) is 0. The van der Waals surface area contributed by atoms with Crippen LogP contribution in [0.2, 0.25) is 5.02 Å². The minimum Gasteiger partial charge on any atom is -0.392 e. The molecule has 0 aliphatic rings. The Morgan fingerprint density at radius 1 is 1.55 bits per heavy atom. The second-order valence-corrected chi connectivity index (χ2v) is 3.86. The molecule has 0 aliphatic carbocycles. The average Bonchev–Trinajstić information content (AvgIpc) is 1.99. The summed E-state index contributed by atoms with van der Waals surface area (Å²) in [5.41, 5.74) is 1.90. The molecule has 1 nitrogen and oxygen atoms in total. The van der Waals surface area contributed by atoms with Gasteiger partial charge in [0.1, 0.15) is 0 Å². The molecule has 0 saturated carbocycles. The Bertz CT molecular complexity index is 273. The first-order chi connectivity index (χ1) is 5.16. The number of aliphatic hydroxyl groups is 1. The molecule has 0 amide bonds. The van der Waals surface area contributed by atoms with Crippen LogP contribution < -0.4 is 0 Å². The third kappa shape index (κ3) is 1.86. The fourth-order valence-corrected chi connectivity index (χ4v) is 1.82. The molecule has 1 N–H and O–H groups in total. The molecule has 0 atom stereocenters. The summed E-state index contributed by atoms with van der Waals surface area (Å²) in [6.07, 6.45) is 0. The number of halogens is 2. The van der Waals surface area contributed by atoms with Crippen LogP contribution in [0.3, 0.4) is 0 Å². The lowest BCUT2D eigenvalue weighted by atomic mass is 10.1. The molecular formula is C8H8ClIO. The van der Waals surface area contributed by atoms with Gasteiger partial charge in [0.05, 0.1) is 6.61 Å². The van der Waals surface area contributed by atoms with Crippen LogP contribution in [-0.2, 0) is 6.61 Å². The first kappa shape index (κ1) is 9.29. The van der Waals surface area contributed by atoms with Gasteiger partial charge < -0.3 is 5.11 Å². The first-order valence-corrected chi connectivity index (χ1v) is 4.67. The van der Waals surface area contributed by atoms with E-state index in [1.807, 2.05) is 19.1 Å². The lowest BCUT2D eigenvalue weighted by molar-refractivity contribution is 0.280.